The Hall–Kier alpha value is -1.11. The first-order valence-electron chi connectivity index (χ1n) is 6.46. The molecular weight excluding hydrogens is 358 g/mol. The van der Waals surface area contributed by atoms with Crippen LogP contribution in [0.25, 0.3) is 0 Å². The van der Waals surface area contributed by atoms with Gasteiger partial charge in [-0.1, -0.05) is 22.0 Å². The van der Waals surface area contributed by atoms with E-state index < -0.39 is 0 Å². The third kappa shape index (κ3) is 8.04. The van der Waals surface area contributed by atoms with Gasteiger partial charge < -0.3 is 16.4 Å². The standard InChI is InChI=1S/C14H20BrN3O2.ClH/c1-9-3-5-11(15)7-12(9)18-14(20)8-17-13(19)6-4-10(2)16;/h3,5,7,10H,4,6,8,16H2,1-2H3,(H,17,19)(H,18,20);1H. The Balaban J connectivity index is 0.00000400. The van der Waals surface area contributed by atoms with Crippen LogP contribution in [0.15, 0.2) is 22.7 Å². The molecule has 0 bridgehead atoms. The molecule has 0 saturated heterocycles. The van der Waals surface area contributed by atoms with E-state index in [0.29, 0.717) is 12.8 Å². The topological polar surface area (TPSA) is 84.2 Å². The summed E-state index contributed by atoms with van der Waals surface area (Å²) in [5, 5.41) is 5.34. The monoisotopic (exact) mass is 377 g/mol. The highest BCUT2D eigenvalue weighted by Crippen LogP contribution is 2.20. The average Bonchev–Trinajstić information content (AvgIpc) is 2.38. The SMILES string of the molecule is Cc1ccc(Br)cc1NC(=O)CNC(=O)CCC(C)N.Cl. The van der Waals surface area contributed by atoms with Gasteiger partial charge in [-0.15, -0.1) is 12.4 Å². The Morgan fingerprint density at radius 1 is 1.33 bits per heavy atom. The fraction of sp³-hybridized carbons (Fsp3) is 0.429. The van der Waals surface area contributed by atoms with Gasteiger partial charge in [0.25, 0.3) is 0 Å². The molecule has 0 radical (unpaired) electrons. The molecule has 0 fully saturated rings. The van der Waals surface area contributed by atoms with Gasteiger partial charge in [0.2, 0.25) is 11.8 Å². The summed E-state index contributed by atoms with van der Waals surface area (Å²) < 4.78 is 0.888. The lowest BCUT2D eigenvalue weighted by atomic mass is 10.2. The van der Waals surface area contributed by atoms with Crippen molar-refractivity contribution in [3.63, 3.8) is 0 Å². The highest BCUT2D eigenvalue weighted by atomic mass is 79.9. The third-order valence-corrected chi connectivity index (χ3v) is 3.24. The molecule has 2 amide bonds. The van der Waals surface area contributed by atoms with Crippen LogP contribution in [0.1, 0.15) is 25.3 Å². The maximum absolute atomic E-state index is 11.8. The van der Waals surface area contributed by atoms with Crippen LogP contribution >= 0.6 is 28.3 Å². The molecule has 1 unspecified atom stereocenters. The molecule has 0 saturated carbocycles. The third-order valence-electron chi connectivity index (χ3n) is 2.75. The molecular formula is C14H21BrClN3O2. The number of anilines is 1. The summed E-state index contributed by atoms with van der Waals surface area (Å²) in [5.74, 6) is -0.413. The van der Waals surface area contributed by atoms with Crippen LogP contribution in [0.5, 0.6) is 0 Å². The minimum absolute atomic E-state index is 0. The Kier molecular flexibility index (Phi) is 9.24. The second-order valence-corrected chi connectivity index (χ2v) is 5.72. The minimum atomic E-state index is -0.250. The molecule has 1 aromatic carbocycles. The first-order valence-corrected chi connectivity index (χ1v) is 7.26. The highest BCUT2D eigenvalue weighted by molar-refractivity contribution is 9.10. The average molecular weight is 379 g/mol. The molecule has 21 heavy (non-hydrogen) atoms. The first-order chi connectivity index (χ1) is 9.38. The van der Waals surface area contributed by atoms with Gasteiger partial charge in [-0.25, -0.2) is 0 Å². The van der Waals surface area contributed by atoms with E-state index in [1.165, 1.54) is 0 Å². The van der Waals surface area contributed by atoms with Crippen molar-refractivity contribution < 1.29 is 9.59 Å². The second-order valence-electron chi connectivity index (χ2n) is 4.80. The van der Waals surface area contributed by atoms with Crippen molar-refractivity contribution in [2.75, 3.05) is 11.9 Å². The molecule has 0 aromatic heterocycles. The van der Waals surface area contributed by atoms with E-state index >= 15 is 0 Å². The number of halogens is 2. The summed E-state index contributed by atoms with van der Waals surface area (Å²) in [6.45, 7) is 3.71. The number of carbonyl (C=O) groups excluding carboxylic acids is 2. The van der Waals surface area contributed by atoms with E-state index in [-0.39, 0.29) is 36.8 Å². The van der Waals surface area contributed by atoms with Crippen LogP contribution in [-0.2, 0) is 9.59 Å². The molecule has 0 spiro atoms. The molecule has 5 nitrogen and oxygen atoms in total. The molecule has 0 aliphatic heterocycles. The van der Waals surface area contributed by atoms with Crippen molar-refractivity contribution in [2.24, 2.45) is 5.73 Å². The number of amides is 2. The predicted molar refractivity (Wildman–Crippen MR) is 90.6 cm³/mol. The first kappa shape index (κ1) is 19.9. The Labute approximate surface area is 139 Å². The lowest BCUT2D eigenvalue weighted by Crippen LogP contribution is -2.33. The van der Waals surface area contributed by atoms with Crippen molar-refractivity contribution >= 4 is 45.8 Å². The number of nitrogens with one attached hydrogen (secondary N) is 2. The van der Waals surface area contributed by atoms with Gasteiger partial charge >= 0.3 is 0 Å². The van der Waals surface area contributed by atoms with Crippen LogP contribution in [0, 0.1) is 6.92 Å². The maximum Gasteiger partial charge on any atom is 0.243 e. The summed E-state index contributed by atoms with van der Waals surface area (Å²) in [7, 11) is 0. The van der Waals surface area contributed by atoms with Gasteiger partial charge in [0.1, 0.15) is 0 Å². The molecule has 7 heteroatoms. The van der Waals surface area contributed by atoms with Crippen LogP contribution in [0.2, 0.25) is 0 Å². The van der Waals surface area contributed by atoms with E-state index in [1.54, 1.807) is 0 Å². The molecule has 1 aromatic rings. The lowest BCUT2D eigenvalue weighted by Gasteiger charge is -2.10. The Morgan fingerprint density at radius 2 is 2.00 bits per heavy atom. The quantitative estimate of drug-likeness (QED) is 0.710. The Bertz CT molecular complexity index is 495. The van der Waals surface area contributed by atoms with E-state index in [1.807, 2.05) is 32.0 Å². The maximum atomic E-state index is 11.8. The van der Waals surface area contributed by atoms with Crippen molar-refractivity contribution in [1.29, 1.82) is 0 Å². The zero-order chi connectivity index (χ0) is 15.1. The van der Waals surface area contributed by atoms with Crippen molar-refractivity contribution in [1.82, 2.24) is 5.32 Å². The number of nitrogens with two attached hydrogens (primary N) is 1. The van der Waals surface area contributed by atoms with Gasteiger partial charge in [-0.3, -0.25) is 9.59 Å². The van der Waals surface area contributed by atoms with Gasteiger partial charge in [0, 0.05) is 22.6 Å². The van der Waals surface area contributed by atoms with Crippen molar-refractivity contribution in [3.05, 3.63) is 28.2 Å². The molecule has 0 heterocycles. The summed E-state index contributed by atoms with van der Waals surface area (Å²) in [5.41, 5.74) is 7.26. The summed E-state index contributed by atoms with van der Waals surface area (Å²) in [6.07, 6.45) is 0.944. The fourth-order valence-electron chi connectivity index (χ4n) is 1.55. The summed E-state index contributed by atoms with van der Waals surface area (Å²) >= 11 is 3.35. The van der Waals surface area contributed by atoms with E-state index in [2.05, 4.69) is 26.6 Å². The second kappa shape index (κ2) is 9.76. The molecule has 0 aliphatic carbocycles. The smallest absolute Gasteiger partial charge is 0.243 e. The van der Waals surface area contributed by atoms with Crippen LogP contribution in [0.4, 0.5) is 5.69 Å². The minimum Gasteiger partial charge on any atom is -0.347 e. The number of benzene rings is 1. The van der Waals surface area contributed by atoms with E-state index in [0.717, 1.165) is 15.7 Å². The van der Waals surface area contributed by atoms with Crippen molar-refractivity contribution in [2.45, 2.75) is 32.7 Å². The zero-order valence-corrected chi connectivity index (χ0v) is 14.5. The van der Waals surface area contributed by atoms with E-state index in [9.17, 15) is 9.59 Å². The van der Waals surface area contributed by atoms with Gasteiger partial charge in [0.05, 0.1) is 6.54 Å². The number of rotatable bonds is 6. The number of carbonyl (C=O) groups is 2. The lowest BCUT2D eigenvalue weighted by molar-refractivity contribution is -0.124. The number of hydrogen-bond donors (Lipinski definition) is 3. The summed E-state index contributed by atoms with van der Waals surface area (Å²) in [4.78, 5) is 23.2. The van der Waals surface area contributed by atoms with Gasteiger partial charge in [-0.2, -0.15) is 0 Å². The van der Waals surface area contributed by atoms with Crippen LogP contribution in [-0.4, -0.2) is 24.4 Å². The fourth-order valence-corrected chi connectivity index (χ4v) is 1.91. The number of aryl methyl sites for hydroxylation is 1. The molecule has 1 atom stereocenters. The predicted octanol–water partition coefficient (Wildman–Crippen LogP) is 2.36. The molecule has 118 valence electrons. The van der Waals surface area contributed by atoms with Crippen LogP contribution < -0.4 is 16.4 Å². The summed E-state index contributed by atoms with van der Waals surface area (Å²) in [6, 6.07) is 5.62. The largest absolute Gasteiger partial charge is 0.347 e. The normalized spacial score (nSPS) is 11.2. The molecule has 1 rings (SSSR count). The molecule has 4 N–H and O–H groups in total. The van der Waals surface area contributed by atoms with E-state index in [4.69, 9.17) is 5.73 Å². The number of hydrogen-bond acceptors (Lipinski definition) is 3. The Morgan fingerprint density at radius 3 is 2.62 bits per heavy atom. The van der Waals surface area contributed by atoms with Crippen molar-refractivity contribution in [3.8, 4) is 0 Å². The van der Waals surface area contributed by atoms with Gasteiger partial charge in [-0.05, 0) is 38.0 Å². The molecule has 0 aliphatic rings. The van der Waals surface area contributed by atoms with Crippen LogP contribution in [0.3, 0.4) is 0 Å². The highest BCUT2D eigenvalue weighted by Gasteiger charge is 2.08. The zero-order valence-electron chi connectivity index (χ0n) is 12.1. The van der Waals surface area contributed by atoms with Gasteiger partial charge in [0.15, 0.2) is 0 Å².